The molecule has 1 fully saturated rings. The summed E-state index contributed by atoms with van der Waals surface area (Å²) in [5, 5.41) is 9.39. The number of hydrogen-bond donors (Lipinski definition) is 2. The lowest BCUT2D eigenvalue weighted by Gasteiger charge is -2.17. The lowest BCUT2D eigenvalue weighted by atomic mass is 10.2. The van der Waals surface area contributed by atoms with Crippen molar-refractivity contribution in [3.05, 3.63) is 23.8 Å². The molecular weight excluding hydrogens is 240 g/mol. The number of benzene rings is 1. The Bertz CT molecular complexity index is 528. The molecule has 1 heterocycles. The molecule has 0 unspecified atom stereocenters. The van der Waals surface area contributed by atoms with Crippen LogP contribution in [0.3, 0.4) is 0 Å². The number of nitrogens with zero attached hydrogens (tertiary/aromatic N) is 1. The number of aliphatic hydroxyl groups excluding tert-OH is 1. The maximum absolute atomic E-state index is 12.2. The summed E-state index contributed by atoms with van der Waals surface area (Å²) in [6.45, 7) is 2.35. The largest absolute Gasteiger partial charge is 0.398 e. The van der Waals surface area contributed by atoms with Gasteiger partial charge in [0, 0.05) is 13.1 Å². The van der Waals surface area contributed by atoms with Crippen LogP contribution in [0.25, 0.3) is 0 Å². The van der Waals surface area contributed by atoms with E-state index in [1.54, 1.807) is 12.1 Å². The second kappa shape index (κ2) is 4.29. The van der Waals surface area contributed by atoms with Crippen LogP contribution in [-0.2, 0) is 10.0 Å². The van der Waals surface area contributed by atoms with E-state index in [-0.39, 0.29) is 17.1 Å². The molecule has 0 radical (unpaired) electrons. The summed E-state index contributed by atoms with van der Waals surface area (Å²) in [6, 6.07) is 4.87. The zero-order valence-corrected chi connectivity index (χ0v) is 10.4. The van der Waals surface area contributed by atoms with Crippen LogP contribution in [0.2, 0.25) is 0 Å². The summed E-state index contributed by atoms with van der Waals surface area (Å²) < 4.78 is 25.8. The molecule has 17 heavy (non-hydrogen) atoms. The number of β-amino-alcohol motifs (C(OH)–C–C–N with tert-alkyl or cyclic N) is 1. The molecule has 0 aromatic heterocycles. The maximum Gasteiger partial charge on any atom is 0.245 e. The van der Waals surface area contributed by atoms with E-state index in [9.17, 15) is 13.5 Å². The van der Waals surface area contributed by atoms with Crippen molar-refractivity contribution in [2.24, 2.45) is 0 Å². The van der Waals surface area contributed by atoms with Crippen LogP contribution in [0, 0.1) is 6.92 Å². The highest BCUT2D eigenvalue weighted by Crippen LogP contribution is 2.26. The minimum Gasteiger partial charge on any atom is -0.398 e. The molecule has 94 valence electrons. The van der Waals surface area contributed by atoms with E-state index in [2.05, 4.69) is 0 Å². The monoisotopic (exact) mass is 256 g/mol. The minimum absolute atomic E-state index is 0.122. The Balaban J connectivity index is 2.38. The number of aryl methyl sites for hydroxylation is 1. The first-order chi connectivity index (χ1) is 7.91. The summed E-state index contributed by atoms with van der Waals surface area (Å²) >= 11 is 0. The normalized spacial score (nSPS) is 21.9. The number of nitrogen functional groups attached to an aromatic ring is 1. The van der Waals surface area contributed by atoms with Crippen molar-refractivity contribution in [3.8, 4) is 0 Å². The van der Waals surface area contributed by atoms with Gasteiger partial charge in [0.1, 0.15) is 4.90 Å². The van der Waals surface area contributed by atoms with E-state index in [0.717, 1.165) is 5.56 Å². The van der Waals surface area contributed by atoms with Crippen molar-refractivity contribution in [2.45, 2.75) is 24.3 Å². The average molecular weight is 256 g/mol. The fourth-order valence-electron chi connectivity index (χ4n) is 1.97. The van der Waals surface area contributed by atoms with Crippen LogP contribution >= 0.6 is 0 Å². The third-order valence-corrected chi connectivity index (χ3v) is 4.85. The molecule has 0 spiro atoms. The van der Waals surface area contributed by atoms with Gasteiger partial charge in [-0.25, -0.2) is 8.42 Å². The topological polar surface area (TPSA) is 83.6 Å². The molecule has 1 aliphatic heterocycles. The first-order valence-electron chi connectivity index (χ1n) is 5.45. The molecular formula is C11H16N2O3S. The summed E-state index contributed by atoms with van der Waals surface area (Å²) in [4.78, 5) is 0.122. The first kappa shape index (κ1) is 12.3. The molecule has 0 amide bonds. The van der Waals surface area contributed by atoms with E-state index in [1.807, 2.05) is 6.92 Å². The van der Waals surface area contributed by atoms with Gasteiger partial charge in [0.2, 0.25) is 10.0 Å². The summed E-state index contributed by atoms with van der Waals surface area (Å²) in [6.07, 6.45) is -0.0956. The smallest absolute Gasteiger partial charge is 0.245 e. The molecule has 1 aromatic rings. The van der Waals surface area contributed by atoms with Gasteiger partial charge in [-0.2, -0.15) is 4.31 Å². The summed E-state index contributed by atoms with van der Waals surface area (Å²) in [5.41, 5.74) is 6.92. The number of nitrogens with two attached hydrogens (primary N) is 1. The summed E-state index contributed by atoms with van der Waals surface area (Å²) in [7, 11) is -3.57. The Morgan fingerprint density at radius 2 is 2.18 bits per heavy atom. The second-order valence-electron chi connectivity index (χ2n) is 4.35. The third kappa shape index (κ3) is 2.29. The molecule has 5 nitrogen and oxygen atoms in total. The maximum atomic E-state index is 12.2. The molecule has 1 saturated heterocycles. The molecule has 0 aliphatic carbocycles. The zero-order valence-electron chi connectivity index (χ0n) is 9.63. The van der Waals surface area contributed by atoms with Gasteiger partial charge in [0.25, 0.3) is 0 Å². The fraction of sp³-hybridized carbons (Fsp3) is 0.455. The predicted octanol–water partition coefficient (Wildman–Crippen LogP) is 0.333. The van der Waals surface area contributed by atoms with Crippen molar-refractivity contribution >= 4 is 15.7 Å². The van der Waals surface area contributed by atoms with Crippen molar-refractivity contribution in [1.29, 1.82) is 0 Å². The number of hydrogen-bond acceptors (Lipinski definition) is 4. The molecule has 1 atom stereocenters. The van der Waals surface area contributed by atoms with Crippen LogP contribution in [0.1, 0.15) is 12.0 Å². The van der Waals surface area contributed by atoms with Gasteiger partial charge in [-0.3, -0.25) is 0 Å². The van der Waals surface area contributed by atoms with Gasteiger partial charge >= 0.3 is 0 Å². The second-order valence-corrected chi connectivity index (χ2v) is 6.25. The number of aliphatic hydroxyl groups is 1. The van der Waals surface area contributed by atoms with Gasteiger partial charge in [0.15, 0.2) is 0 Å². The lowest BCUT2D eigenvalue weighted by Crippen LogP contribution is -2.30. The van der Waals surface area contributed by atoms with E-state index in [4.69, 9.17) is 5.73 Å². The molecule has 3 N–H and O–H groups in total. The Morgan fingerprint density at radius 1 is 1.47 bits per heavy atom. The average Bonchev–Trinajstić information content (AvgIpc) is 2.64. The van der Waals surface area contributed by atoms with E-state index < -0.39 is 16.1 Å². The van der Waals surface area contributed by atoms with E-state index >= 15 is 0 Å². The van der Waals surface area contributed by atoms with Crippen LogP contribution in [0.15, 0.2) is 23.1 Å². The highest BCUT2D eigenvalue weighted by molar-refractivity contribution is 7.89. The minimum atomic E-state index is -3.57. The Hall–Kier alpha value is -1.11. The number of anilines is 1. The van der Waals surface area contributed by atoms with Crippen LogP contribution in [-0.4, -0.2) is 37.0 Å². The van der Waals surface area contributed by atoms with Crippen LogP contribution in [0.4, 0.5) is 5.69 Å². The number of rotatable bonds is 2. The predicted molar refractivity (Wildman–Crippen MR) is 65.0 cm³/mol. The highest BCUT2D eigenvalue weighted by atomic mass is 32.2. The summed E-state index contributed by atoms with van der Waals surface area (Å²) in [5.74, 6) is 0. The molecule has 0 bridgehead atoms. The Labute approximate surface area is 101 Å². The lowest BCUT2D eigenvalue weighted by molar-refractivity contribution is 0.189. The van der Waals surface area contributed by atoms with Crippen molar-refractivity contribution < 1.29 is 13.5 Å². The highest BCUT2D eigenvalue weighted by Gasteiger charge is 2.32. The molecule has 2 rings (SSSR count). The van der Waals surface area contributed by atoms with Gasteiger partial charge in [0.05, 0.1) is 11.8 Å². The standard InChI is InChI=1S/C11H16N2O3S/c1-8-2-3-11(10(12)6-8)17(15,16)13-5-4-9(14)7-13/h2-3,6,9,14H,4-5,7,12H2,1H3/t9-/m1/s1. The van der Waals surface area contributed by atoms with Gasteiger partial charge < -0.3 is 10.8 Å². The van der Waals surface area contributed by atoms with Gasteiger partial charge in [-0.15, -0.1) is 0 Å². The number of sulfonamides is 1. The van der Waals surface area contributed by atoms with Crippen molar-refractivity contribution in [3.63, 3.8) is 0 Å². The molecule has 0 saturated carbocycles. The van der Waals surface area contributed by atoms with Gasteiger partial charge in [-0.05, 0) is 31.0 Å². The van der Waals surface area contributed by atoms with Gasteiger partial charge in [-0.1, -0.05) is 6.07 Å². The van der Waals surface area contributed by atoms with E-state index in [0.29, 0.717) is 13.0 Å². The fourth-order valence-corrected chi connectivity index (χ4v) is 3.56. The SMILES string of the molecule is Cc1ccc(S(=O)(=O)N2CC[C@@H](O)C2)c(N)c1. The van der Waals surface area contributed by atoms with Crippen molar-refractivity contribution in [2.75, 3.05) is 18.8 Å². The Morgan fingerprint density at radius 3 is 2.71 bits per heavy atom. The third-order valence-electron chi connectivity index (χ3n) is 2.91. The van der Waals surface area contributed by atoms with E-state index in [1.165, 1.54) is 10.4 Å². The quantitative estimate of drug-likeness (QED) is 0.747. The zero-order chi connectivity index (χ0) is 12.6. The van der Waals surface area contributed by atoms with Crippen LogP contribution in [0.5, 0.6) is 0 Å². The molecule has 1 aliphatic rings. The molecule has 6 heteroatoms. The Kier molecular flexibility index (Phi) is 3.11. The molecule has 1 aromatic carbocycles. The van der Waals surface area contributed by atoms with Crippen molar-refractivity contribution in [1.82, 2.24) is 4.31 Å². The first-order valence-corrected chi connectivity index (χ1v) is 6.89. The van der Waals surface area contributed by atoms with Crippen LogP contribution < -0.4 is 5.73 Å².